The van der Waals surface area contributed by atoms with Crippen molar-refractivity contribution in [3.63, 3.8) is 0 Å². The minimum absolute atomic E-state index is 0.0174. The topological polar surface area (TPSA) is 79.0 Å². The molecule has 34 heavy (non-hydrogen) atoms. The van der Waals surface area contributed by atoms with E-state index in [-0.39, 0.29) is 24.3 Å². The number of hydrogen-bond donors (Lipinski definition) is 1. The van der Waals surface area contributed by atoms with Crippen LogP contribution >= 0.6 is 0 Å². The SMILES string of the molecule is CCC[C@@H](NC(=O)N1C(=O)C(CC)(CC)C1OCC(=O)CCN(CC)CC)c1ccc(C)cc1. The first-order valence-electron chi connectivity index (χ1n) is 12.8. The lowest BCUT2D eigenvalue weighted by molar-refractivity contribution is -0.210. The van der Waals surface area contributed by atoms with Crippen molar-refractivity contribution in [1.82, 2.24) is 15.1 Å². The van der Waals surface area contributed by atoms with Crippen molar-refractivity contribution in [2.24, 2.45) is 5.41 Å². The molecule has 1 N–H and O–H groups in total. The Balaban J connectivity index is 2.11. The number of ketones is 1. The number of carbonyl (C=O) groups is 3. The van der Waals surface area contributed by atoms with Gasteiger partial charge in [0.05, 0.1) is 11.5 Å². The number of benzene rings is 1. The second kappa shape index (κ2) is 13.0. The minimum Gasteiger partial charge on any atom is -0.349 e. The normalized spacial score (nSPS) is 18.0. The van der Waals surface area contributed by atoms with Crippen LogP contribution in [0.1, 0.15) is 83.9 Å². The number of nitrogens with one attached hydrogen (secondary N) is 1. The Bertz CT molecular complexity index is 816. The molecule has 0 radical (unpaired) electrons. The van der Waals surface area contributed by atoms with Crippen molar-refractivity contribution >= 4 is 17.7 Å². The van der Waals surface area contributed by atoms with Gasteiger partial charge in [-0.3, -0.25) is 9.59 Å². The minimum atomic E-state index is -0.763. The van der Waals surface area contributed by atoms with Gasteiger partial charge in [-0.05, 0) is 44.8 Å². The zero-order valence-electron chi connectivity index (χ0n) is 21.9. The maximum Gasteiger partial charge on any atom is 0.326 e. The molecule has 2 rings (SSSR count). The van der Waals surface area contributed by atoms with Crippen molar-refractivity contribution < 1.29 is 19.1 Å². The van der Waals surface area contributed by atoms with Gasteiger partial charge in [-0.15, -0.1) is 0 Å². The highest BCUT2D eigenvalue weighted by Gasteiger charge is 2.62. The number of carbonyl (C=O) groups excluding carboxylic acids is 3. The summed E-state index contributed by atoms with van der Waals surface area (Å²) < 4.78 is 5.98. The van der Waals surface area contributed by atoms with Crippen LogP contribution in [0.2, 0.25) is 0 Å². The van der Waals surface area contributed by atoms with Gasteiger partial charge in [0.15, 0.2) is 12.0 Å². The van der Waals surface area contributed by atoms with Crippen molar-refractivity contribution in [2.45, 2.75) is 85.9 Å². The Labute approximate surface area is 205 Å². The van der Waals surface area contributed by atoms with E-state index in [4.69, 9.17) is 4.74 Å². The lowest BCUT2D eigenvalue weighted by Gasteiger charge is -2.53. The maximum absolute atomic E-state index is 13.3. The largest absolute Gasteiger partial charge is 0.349 e. The van der Waals surface area contributed by atoms with E-state index in [1.54, 1.807) is 0 Å². The van der Waals surface area contributed by atoms with E-state index in [0.29, 0.717) is 25.8 Å². The molecule has 1 saturated heterocycles. The third-order valence-electron chi connectivity index (χ3n) is 7.19. The molecule has 7 heteroatoms. The average molecular weight is 474 g/mol. The summed E-state index contributed by atoms with van der Waals surface area (Å²) in [6.45, 7) is 14.5. The van der Waals surface area contributed by atoms with Gasteiger partial charge >= 0.3 is 6.03 Å². The smallest absolute Gasteiger partial charge is 0.326 e. The Morgan fingerprint density at radius 3 is 2.24 bits per heavy atom. The number of ether oxygens (including phenoxy) is 1. The first-order valence-corrected chi connectivity index (χ1v) is 12.8. The zero-order chi connectivity index (χ0) is 25.3. The van der Waals surface area contributed by atoms with Crippen molar-refractivity contribution in [2.75, 3.05) is 26.2 Å². The first-order chi connectivity index (χ1) is 16.3. The number of rotatable bonds is 14. The Hall–Kier alpha value is -2.25. The Morgan fingerprint density at radius 1 is 1.09 bits per heavy atom. The van der Waals surface area contributed by atoms with Gasteiger partial charge in [-0.1, -0.05) is 70.9 Å². The fraction of sp³-hybridized carbons (Fsp3) is 0.667. The van der Waals surface area contributed by atoms with Gasteiger partial charge in [-0.25, -0.2) is 9.69 Å². The van der Waals surface area contributed by atoms with E-state index < -0.39 is 17.7 Å². The highest BCUT2D eigenvalue weighted by Crippen LogP contribution is 2.46. The van der Waals surface area contributed by atoms with E-state index in [0.717, 1.165) is 37.1 Å². The van der Waals surface area contributed by atoms with Gasteiger partial charge < -0.3 is 15.0 Å². The standard InChI is InChI=1S/C27H43N3O4/c1-7-12-23(21-15-13-20(6)14-16-21)28-26(33)30-24(32)27(8-2,9-3)25(30)34-19-22(31)17-18-29(10-4)11-5/h13-16,23,25H,7-12,17-19H2,1-6H3,(H,28,33)/t23-,25?/m1/s1. The summed E-state index contributed by atoms with van der Waals surface area (Å²) in [5.41, 5.74) is 1.40. The molecule has 1 aliphatic heterocycles. The number of urea groups is 1. The number of nitrogens with zero attached hydrogens (tertiary/aromatic N) is 2. The van der Waals surface area contributed by atoms with Crippen molar-refractivity contribution in [3.05, 3.63) is 35.4 Å². The molecule has 0 aromatic heterocycles. The molecule has 1 heterocycles. The zero-order valence-corrected chi connectivity index (χ0v) is 21.9. The molecule has 190 valence electrons. The molecule has 1 aromatic carbocycles. The maximum atomic E-state index is 13.3. The molecular formula is C27H43N3O4. The summed E-state index contributed by atoms with van der Waals surface area (Å²) in [4.78, 5) is 42.3. The Morgan fingerprint density at radius 2 is 1.71 bits per heavy atom. The Kier molecular flexibility index (Phi) is 10.7. The molecule has 0 aliphatic carbocycles. The van der Waals surface area contributed by atoms with Gasteiger partial charge in [-0.2, -0.15) is 0 Å². The quantitative estimate of drug-likeness (QED) is 0.391. The molecule has 0 saturated carbocycles. The number of Topliss-reactive ketones (excluding diaryl/α,β-unsaturated/α-hetero) is 1. The first kappa shape index (κ1) is 28.0. The van der Waals surface area contributed by atoms with Crippen LogP contribution in [0, 0.1) is 12.3 Å². The van der Waals surface area contributed by atoms with Crippen LogP contribution in [0.3, 0.4) is 0 Å². The molecule has 3 amide bonds. The number of imide groups is 1. The van der Waals surface area contributed by atoms with Crippen LogP contribution < -0.4 is 5.32 Å². The fourth-order valence-electron chi connectivity index (χ4n) is 4.66. The van der Waals surface area contributed by atoms with E-state index in [2.05, 4.69) is 31.0 Å². The summed E-state index contributed by atoms with van der Waals surface area (Å²) in [5.74, 6) is -0.244. The lowest BCUT2D eigenvalue weighted by atomic mass is 9.72. The van der Waals surface area contributed by atoms with Crippen LogP contribution in [0.25, 0.3) is 0 Å². The molecule has 1 fully saturated rings. The van der Waals surface area contributed by atoms with E-state index in [9.17, 15) is 14.4 Å². The molecule has 1 aliphatic rings. The highest BCUT2D eigenvalue weighted by atomic mass is 16.5. The number of β-lactam (4-membered cyclic amide) rings is 1. The van der Waals surface area contributed by atoms with Crippen molar-refractivity contribution in [1.29, 1.82) is 0 Å². The fourth-order valence-corrected chi connectivity index (χ4v) is 4.66. The highest BCUT2D eigenvalue weighted by molar-refractivity contribution is 6.03. The monoisotopic (exact) mass is 473 g/mol. The van der Waals surface area contributed by atoms with Crippen LogP contribution in [-0.2, 0) is 14.3 Å². The van der Waals surface area contributed by atoms with E-state index in [1.807, 2.05) is 45.0 Å². The predicted octanol–water partition coefficient (Wildman–Crippen LogP) is 4.84. The van der Waals surface area contributed by atoms with Gasteiger partial charge in [0, 0.05) is 13.0 Å². The van der Waals surface area contributed by atoms with Crippen LogP contribution in [0.4, 0.5) is 4.79 Å². The van der Waals surface area contributed by atoms with Crippen LogP contribution in [0.15, 0.2) is 24.3 Å². The van der Waals surface area contributed by atoms with E-state index in [1.165, 1.54) is 4.90 Å². The molecule has 0 bridgehead atoms. The van der Waals surface area contributed by atoms with Crippen LogP contribution in [-0.4, -0.2) is 60.0 Å². The second-order valence-electron chi connectivity index (χ2n) is 9.22. The van der Waals surface area contributed by atoms with E-state index >= 15 is 0 Å². The summed E-state index contributed by atoms with van der Waals surface area (Å²) in [7, 11) is 0. The number of hydrogen-bond acceptors (Lipinski definition) is 5. The van der Waals surface area contributed by atoms with Gasteiger partial charge in [0.2, 0.25) is 5.91 Å². The van der Waals surface area contributed by atoms with Gasteiger partial charge in [0.1, 0.15) is 6.61 Å². The average Bonchev–Trinajstić information content (AvgIpc) is 2.83. The number of amides is 3. The summed E-state index contributed by atoms with van der Waals surface area (Å²) in [5, 5.41) is 3.04. The van der Waals surface area contributed by atoms with Crippen molar-refractivity contribution in [3.8, 4) is 0 Å². The molecule has 1 aromatic rings. The molecule has 2 atom stereocenters. The second-order valence-corrected chi connectivity index (χ2v) is 9.22. The number of aryl methyl sites for hydroxylation is 1. The molecule has 1 unspecified atom stereocenters. The molecule has 7 nitrogen and oxygen atoms in total. The molecule has 0 spiro atoms. The summed E-state index contributed by atoms with van der Waals surface area (Å²) >= 11 is 0. The lowest BCUT2D eigenvalue weighted by Crippen LogP contribution is -2.72. The third kappa shape index (κ3) is 6.25. The molecular weight excluding hydrogens is 430 g/mol. The summed E-state index contributed by atoms with van der Waals surface area (Å²) in [6.07, 6.45) is 2.43. The third-order valence-corrected chi connectivity index (χ3v) is 7.19. The van der Waals surface area contributed by atoms with Gasteiger partial charge in [0.25, 0.3) is 0 Å². The predicted molar refractivity (Wildman–Crippen MR) is 134 cm³/mol. The number of likely N-dealkylation sites (tertiary alicyclic amines) is 1. The van der Waals surface area contributed by atoms with Crippen LogP contribution in [0.5, 0.6) is 0 Å². The summed E-state index contributed by atoms with van der Waals surface area (Å²) in [6, 6.07) is 7.42.